The highest BCUT2D eigenvalue weighted by molar-refractivity contribution is 5.09. The molecule has 0 heterocycles. The van der Waals surface area contributed by atoms with Gasteiger partial charge in [0.05, 0.1) is 0 Å². The van der Waals surface area contributed by atoms with E-state index >= 15 is 0 Å². The minimum Gasteiger partial charge on any atom is -0.327 e. The maximum absolute atomic E-state index is 6.53. The molecule has 0 unspecified atom stereocenters. The first-order valence-electron chi connectivity index (χ1n) is 6.65. The highest BCUT2D eigenvalue weighted by Gasteiger charge is 2.57. The molecule has 2 rings (SSSR count). The summed E-state index contributed by atoms with van der Waals surface area (Å²) in [5.74, 6) is 4.08. The number of hydrogen-bond acceptors (Lipinski definition) is 1. The first kappa shape index (κ1) is 11.4. The summed E-state index contributed by atoms with van der Waals surface area (Å²) in [7, 11) is 0. The lowest BCUT2D eigenvalue weighted by atomic mass is 9.64. The Hall–Kier alpha value is -0.0400. The molecule has 0 aliphatic heterocycles. The van der Waals surface area contributed by atoms with Crippen LogP contribution in [0.1, 0.15) is 47.5 Å². The van der Waals surface area contributed by atoms with Crippen LogP contribution in [0.15, 0.2) is 0 Å². The van der Waals surface area contributed by atoms with Gasteiger partial charge in [-0.25, -0.2) is 0 Å². The molecule has 2 fully saturated rings. The third kappa shape index (κ3) is 1.39. The second-order valence-electron chi connectivity index (χ2n) is 6.70. The van der Waals surface area contributed by atoms with Gasteiger partial charge in [0.1, 0.15) is 0 Å². The van der Waals surface area contributed by atoms with E-state index < -0.39 is 0 Å². The van der Waals surface area contributed by atoms with Crippen molar-refractivity contribution >= 4 is 0 Å². The lowest BCUT2D eigenvalue weighted by Crippen LogP contribution is -2.48. The van der Waals surface area contributed by atoms with E-state index in [0.29, 0.717) is 11.5 Å². The Morgan fingerprint density at radius 1 is 1.27 bits per heavy atom. The number of hydrogen-bond donors (Lipinski definition) is 1. The Morgan fingerprint density at radius 2 is 1.87 bits per heavy atom. The molecular weight excluding hydrogens is 182 g/mol. The maximum Gasteiger partial charge on any atom is 0.0129 e. The van der Waals surface area contributed by atoms with E-state index in [2.05, 4.69) is 34.6 Å². The number of rotatable bonds is 1. The molecule has 2 N–H and O–H groups in total. The summed E-state index contributed by atoms with van der Waals surface area (Å²) in [5, 5.41) is 0. The van der Waals surface area contributed by atoms with Crippen LogP contribution in [0.4, 0.5) is 0 Å². The summed E-state index contributed by atoms with van der Waals surface area (Å²) < 4.78 is 0. The van der Waals surface area contributed by atoms with E-state index in [-0.39, 0.29) is 0 Å². The van der Waals surface area contributed by atoms with Gasteiger partial charge in [-0.1, -0.05) is 34.6 Å². The van der Waals surface area contributed by atoms with Crippen LogP contribution in [0.2, 0.25) is 0 Å². The van der Waals surface area contributed by atoms with Crippen molar-refractivity contribution in [3.8, 4) is 0 Å². The van der Waals surface area contributed by atoms with Crippen LogP contribution >= 0.6 is 0 Å². The highest BCUT2D eigenvalue weighted by atomic mass is 14.8. The first-order valence-corrected chi connectivity index (χ1v) is 6.65. The van der Waals surface area contributed by atoms with Crippen LogP contribution in [0, 0.1) is 35.0 Å². The van der Waals surface area contributed by atoms with Crippen LogP contribution in [0.5, 0.6) is 0 Å². The van der Waals surface area contributed by atoms with Crippen molar-refractivity contribution in [1.29, 1.82) is 0 Å². The monoisotopic (exact) mass is 209 g/mol. The normalized spacial score (nSPS) is 55.0. The Labute approximate surface area is 94.8 Å². The summed E-state index contributed by atoms with van der Waals surface area (Å²) in [5.41, 5.74) is 6.95. The maximum atomic E-state index is 6.53. The molecule has 0 amide bonds. The largest absolute Gasteiger partial charge is 0.327 e. The smallest absolute Gasteiger partial charge is 0.0129 e. The zero-order valence-electron chi connectivity index (χ0n) is 11.0. The van der Waals surface area contributed by atoms with Gasteiger partial charge in [0.25, 0.3) is 0 Å². The van der Waals surface area contributed by atoms with Crippen LogP contribution in [0.3, 0.4) is 0 Å². The standard InChI is InChI=1S/C14H27N/c1-8(2)11-6-7-14(5)10(4)9(3)12(11)13(14)15/h8-13H,6-7,15H2,1-5H3/t9-,10+,11+,12+,13-,14+/m1/s1. The third-order valence-corrected chi connectivity index (χ3v) is 5.98. The van der Waals surface area contributed by atoms with Gasteiger partial charge in [0.2, 0.25) is 0 Å². The van der Waals surface area contributed by atoms with Gasteiger partial charge in [0.15, 0.2) is 0 Å². The van der Waals surface area contributed by atoms with Crippen molar-refractivity contribution < 1.29 is 0 Å². The third-order valence-electron chi connectivity index (χ3n) is 5.98. The second-order valence-corrected chi connectivity index (χ2v) is 6.70. The van der Waals surface area contributed by atoms with Crippen molar-refractivity contribution in [2.75, 3.05) is 0 Å². The Kier molecular flexibility index (Phi) is 2.65. The van der Waals surface area contributed by atoms with E-state index in [9.17, 15) is 0 Å². The molecule has 15 heavy (non-hydrogen) atoms. The van der Waals surface area contributed by atoms with Crippen molar-refractivity contribution in [2.24, 2.45) is 40.7 Å². The summed E-state index contributed by atoms with van der Waals surface area (Å²) in [6.07, 6.45) is 2.75. The van der Waals surface area contributed by atoms with Gasteiger partial charge in [-0.3, -0.25) is 0 Å². The first-order chi connectivity index (χ1) is 6.89. The minimum atomic E-state index is 0.426. The quantitative estimate of drug-likeness (QED) is 0.704. The van der Waals surface area contributed by atoms with Crippen LogP contribution < -0.4 is 5.73 Å². The molecule has 2 aliphatic rings. The topological polar surface area (TPSA) is 26.0 Å². The molecule has 88 valence electrons. The molecule has 2 bridgehead atoms. The van der Waals surface area contributed by atoms with Crippen molar-refractivity contribution in [3.05, 3.63) is 0 Å². The Bertz CT molecular complexity index is 246. The SMILES string of the molecule is CC(C)[C@@H]1CC[C@]2(C)[C@H](N)[C@H]1[C@H](C)[C@@H]2C. The highest BCUT2D eigenvalue weighted by Crippen LogP contribution is 2.59. The van der Waals surface area contributed by atoms with E-state index in [4.69, 9.17) is 5.73 Å². The van der Waals surface area contributed by atoms with Crippen LogP contribution in [0.25, 0.3) is 0 Å². The average molecular weight is 209 g/mol. The minimum absolute atomic E-state index is 0.426. The molecule has 0 aromatic carbocycles. The van der Waals surface area contributed by atoms with Gasteiger partial charge >= 0.3 is 0 Å². The second kappa shape index (κ2) is 3.48. The fourth-order valence-electron chi connectivity index (χ4n) is 4.50. The van der Waals surface area contributed by atoms with Gasteiger partial charge < -0.3 is 5.73 Å². The van der Waals surface area contributed by atoms with Gasteiger partial charge in [-0.15, -0.1) is 0 Å². The molecule has 1 nitrogen and oxygen atoms in total. The molecule has 1 heteroatoms. The summed E-state index contributed by atoms with van der Waals surface area (Å²) in [6, 6.07) is 0.448. The van der Waals surface area contributed by atoms with E-state index in [1.165, 1.54) is 12.8 Å². The number of fused-ring (bicyclic) bond motifs is 2. The van der Waals surface area contributed by atoms with E-state index in [1.807, 2.05) is 0 Å². The van der Waals surface area contributed by atoms with Crippen LogP contribution in [-0.4, -0.2) is 6.04 Å². The lowest BCUT2D eigenvalue weighted by molar-refractivity contribution is 0.0932. The molecule has 6 atom stereocenters. The average Bonchev–Trinajstić information content (AvgIpc) is 2.31. The summed E-state index contributed by atoms with van der Waals surface area (Å²) in [4.78, 5) is 0. The van der Waals surface area contributed by atoms with E-state index in [0.717, 1.165) is 29.6 Å². The fourth-order valence-corrected chi connectivity index (χ4v) is 4.50. The molecule has 0 aromatic rings. The van der Waals surface area contributed by atoms with Gasteiger partial charge in [-0.05, 0) is 47.8 Å². The number of nitrogens with two attached hydrogens (primary N) is 1. The van der Waals surface area contributed by atoms with Crippen LogP contribution in [-0.2, 0) is 0 Å². The molecule has 0 radical (unpaired) electrons. The zero-order valence-corrected chi connectivity index (χ0v) is 11.0. The molecule has 0 spiro atoms. The molecule has 0 aromatic heterocycles. The molecule has 2 saturated carbocycles. The lowest BCUT2D eigenvalue weighted by Gasteiger charge is -2.43. The van der Waals surface area contributed by atoms with E-state index in [1.54, 1.807) is 0 Å². The van der Waals surface area contributed by atoms with Crippen molar-refractivity contribution in [2.45, 2.75) is 53.5 Å². The van der Waals surface area contributed by atoms with Gasteiger partial charge in [-0.2, -0.15) is 0 Å². The zero-order chi connectivity index (χ0) is 11.4. The van der Waals surface area contributed by atoms with Crippen molar-refractivity contribution in [1.82, 2.24) is 0 Å². The Balaban J connectivity index is 2.31. The molecular formula is C14H27N. The Morgan fingerprint density at radius 3 is 2.40 bits per heavy atom. The summed E-state index contributed by atoms with van der Waals surface area (Å²) >= 11 is 0. The predicted molar refractivity (Wildman–Crippen MR) is 65.5 cm³/mol. The predicted octanol–water partition coefficient (Wildman–Crippen LogP) is 3.29. The van der Waals surface area contributed by atoms with Gasteiger partial charge in [0, 0.05) is 6.04 Å². The summed E-state index contributed by atoms with van der Waals surface area (Å²) in [6.45, 7) is 12.0. The molecule has 0 saturated heterocycles. The molecule has 2 aliphatic carbocycles. The fraction of sp³-hybridized carbons (Fsp3) is 1.00. The van der Waals surface area contributed by atoms with Crippen molar-refractivity contribution in [3.63, 3.8) is 0 Å².